The van der Waals surface area contributed by atoms with Crippen LogP contribution in [0.3, 0.4) is 0 Å². The van der Waals surface area contributed by atoms with Crippen LogP contribution in [0.15, 0.2) is 18.2 Å². The quantitative estimate of drug-likeness (QED) is 0.822. The van der Waals surface area contributed by atoms with Crippen LogP contribution >= 0.6 is 0 Å². The SMILES string of the molecule is CCCNC(C)C(C)Oc1ccc(F)c(C)c1. The van der Waals surface area contributed by atoms with Gasteiger partial charge in [-0.2, -0.15) is 0 Å². The lowest BCUT2D eigenvalue weighted by molar-refractivity contribution is 0.178. The number of benzene rings is 1. The summed E-state index contributed by atoms with van der Waals surface area (Å²) in [7, 11) is 0. The summed E-state index contributed by atoms with van der Waals surface area (Å²) in [6, 6.07) is 5.13. The Morgan fingerprint density at radius 3 is 2.65 bits per heavy atom. The van der Waals surface area contributed by atoms with Crippen molar-refractivity contribution < 1.29 is 9.13 Å². The molecule has 0 amide bonds. The highest BCUT2D eigenvalue weighted by Crippen LogP contribution is 2.18. The largest absolute Gasteiger partial charge is 0.489 e. The van der Waals surface area contributed by atoms with E-state index in [-0.39, 0.29) is 18.0 Å². The molecule has 0 spiro atoms. The van der Waals surface area contributed by atoms with E-state index < -0.39 is 0 Å². The molecule has 0 aliphatic heterocycles. The summed E-state index contributed by atoms with van der Waals surface area (Å²) in [5, 5.41) is 3.38. The number of nitrogens with one attached hydrogen (secondary N) is 1. The second-order valence-electron chi connectivity index (χ2n) is 4.48. The number of halogens is 1. The van der Waals surface area contributed by atoms with Crippen LogP contribution in [0.5, 0.6) is 5.75 Å². The van der Waals surface area contributed by atoms with Crippen LogP contribution in [0, 0.1) is 12.7 Å². The van der Waals surface area contributed by atoms with Gasteiger partial charge in [0, 0.05) is 6.04 Å². The molecule has 0 fully saturated rings. The number of ether oxygens (including phenoxy) is 1. The van der Waals surface area contributed by atoms with Gasteiger partial charge in [-0.3, -0.25) is 0 Å². The maximum Gasteiger partial charge on any atom is 0.126 e. The van der Waals surface area contributed by atoms with Crippen molar-refractivity contribution in [3.8, 4) is 5.75 Å². The van der Waals surface area contributed by atoms with Gasteiger partial charge in [-0.05, 0) is 57.5 Å². The lowest BCUT2D eigenvalue weighted by Gasteiger charge is -2.22. The van der Waals surface area contributed by atoms with Gasteiger partial charge < -0.3 is 10.1 Å². The highest BCUT2D eigenvalue weighted by atomic mass is 19.1. The Bertz CT molecular complexity index is 354. The summed E-state index contributed by atoms with van der Waals surface area (Å²) in [6.07, 6.45) is 1.17. The molecule has 1 N–H and O–H groups in total. The molecule has 0 bridgehead atoms. The van der Waals surface area contributed by atoms with Crippen LogP contribution in [-0.2, 0) is 0 Å². The molecule has 1 aromatic carbocycles. The van der Waals surface area contributed by atoms with E-state index >= 15 is 0 Å². The number of hydrogen-bond acceptors (Lipinski definition) is 2. The average molecular weight is 239 g/mol. The van der Waals surface area contributed by atoms with E-state index in [1.807, 2.05) is 6.92 Å². The first-order chi connectivity index (χ1) is 8.04. The molecule has 0 saturated carbocycles. The van der Waals surface area contributed by atoms with Gasteiger partial charge in [0.05, 0.1) is 0 Å². The van der Waals surface area contributed by atoms with Crippen molar-refractivity contribution in [1.82, 2.24) is 5.32 Å². The lowest BCUT2D eigenvalue weighted by Crippen LogP contribution is -2.39. The molecule has 1 aromatic rings. The molecular formula is C14H22FNO. The first-order valence-electron chi connectivity index (χ1n) is 6.20. The molecule has 96 valence electrons. The molecular weight excluding hydrogens is 217 g/mol. The fourth-order valence-electron chi connectivity index (χ4n) is 1.55. The monoisotopic (exact) mass is 239 g/mol. The maximum absolute atomic E-state index is 13.1. The van der Waals surface area contributed by atoms with E-state index in [1.165, 1.54) is 6.07 Å². The van der Waals surface area contributed by atoms with Crippen LogP contribution in [0.4, 0.5) is 4.39 Å². The van der Waals surface area contributed by atoms with Crippen LogP contribution in [0.2, 0.25) is 0 Å². The average Bonchev–Trinajstić information content (AvgIpc) is 2.30. The smallest absolute Gasteiger partial charge is 0.126 e. The van der Waals surface area contributed by atoms with E-state index in [0.29, 0.717) is 5.56 Å². The van der Waals surface area contributed by atoms with Gasteiger partial charge >= 0.3 is 0 Å². The van der Waals surface area contributed by atoms with E-state index in [2.05, 4.69) is 19.2 Å². The molecule has 0 radical (unpaired) electrons. The third kappa shape index (κ3) is 4.35. The lowest BCUT2D eigenvalue weighted by atomic mass is 10.2. The number of rotatable bonds is 6. The first-order valence-corrected chi connectivity index (χ1v) is 6.20. The summed E-state index contributed by atoms with van der Waals surface area (Å²) >= 11 is 0. The Labute approximate surface area is 103 Å². The second kappa shape index (κ2) is 6.60. The Hall–Kier alpha value is -1.09. The topological polar surface area (TPSA) is 21.3 Å². The Kier molecular flexibility index (Phi) is 5.42. The minimum atomic E-state index is -0.192. The molecule has 0 aromatic heterocycles. The minimum absolute atomic E-state index is 0.0615. The first kappa shape index (κ1) is 14.0. The fraction of sp³-hybridized carbons (Fsp3) is 0.571. The molecule has 0 heterocycles. The van der Waals surface area contributed by atoms with Gasteiger partial charge in [-0.1, -0.05) is 6.92 Å². The van der Waals surface area contributed by atoms with Gasteiger partial charge in [0.25, 0.3) is 0 Å². The zero-order valence-electron chi connectivity index (χ0n) is 11.1. The molecule has 0 aliphatic carbocycles. The maximum atomic E-state index is 13.1. The molecule has 17 heavy (non-hydrogen) atoms. The zero-order valence-corrected chi connectivity index (χ0v) is 11.1. The van der Waals surface area contributed by atoms with Crippen molar-refractivity contribution in [3.63, 3.8) is 0 Å². The van der Waals surface area contributed by atoms with E-state index in [1.54, 1.807) is 19.1 Å². The molecule has 2 atom stereocenters. The van der Waals surface area contributed by atoms with Crippen molar-refractivity contribution in [3.05, 3.63) is 29.6 Å². The van der Waals surface area contributed by atoms with Crippen LogP contribution < -0.4 is 10.1 Å². The van der Waals surface area contributed by atoms with Crippen LogP contribution in [-0.4, -0.2) is 18.7 Å². The standard InChI is InChI=1S/C14H22FNO/c1-5-8-16-11(3)12(4)17-13-6-7-14(15)10(2)9-13/h6-7,9,11-12,16H,5,8H2,1-4H3. The van der Waals surface area contributed by atoms with Crippen molar-refractivity contribution in [2.45, 2.75) is 46.3 Å². The molecule has 0 aliphatic rings. The van der Waals surface area contributed by atoms with Gasteiger partial charge in [-0.15, -0.1) is 0 Å². The van der Waals surface area contributed by atoms with E-state index in [9.17, 15) is 4.39 Å². The molecule has 1 rings (SSSR count). The zero-order chi connectivity index (χ0) is 12.8. The molecule has 0 saturated heterocycles. The Balaban J connectivity index is 2.55. The van der Waals surface area contributed by atoms with Gasteiger partial charge in [0.2, 0.25) is 0 Å². The third-order valence-electron chi connectivity index (χ3n) is 2.87. The van der Waals surface area contributed by atoms with Gasteiger partial charge in [-0.25, -0.2) is 4.39 Å². The highest BCUT2D eigenvalue weighted by Gasteiger charge is 2.13. The van der Waals surface area contributed by atoms with Crippen LogP contribution in [0.25, 0.3) is 0 Å². The van der Waals surface area contributed by atoms with Gasteiger partial charge in [0.15, 0.2) is 0 Å². The summed E-state index contributed by atoms with van der Waals surface area (Å²) < 4.78 is 18.9. The van der Waals surface area contributed by atoms with E-state index in [4.69, 9.17) is 4.74 Å². The molecule has 2 unspecified atom stereocenters. The predicted octanol–water partition coefficient (Wildman–Crippen LogP) is 3.29. The Morgan fingerprint density at radius 1 is 1.35 bits per heavy atom. The number of aryl methyl sites for hydroxylation is 1. The molecule has 3 heteroatoms. The number of hydrogen-bond donors (Lipinski definition) is 1. The summed E-state index contributed by atoms with van der Waals surface area (Å²) in [6.45, 7) is 8.97. The molecule has 2 nitrogen and oxygen atoms in total. The summed E-state index contributed by atoms with van der Waals surface area (Å²) in [4.78, 5) is 0. The summed E-state index contributed by atoms with van der Waals surface area (Å²) in [5.41, 5.74) is 0.615. The highest BCUT2D eigenvalue weighted by molar-refractivity contribution is 5.29. The second-order valence-corrected chi connectivity index (χ2v) is 4.48. The van der Waals surface area contributed by atoms with Crippen molar-refractivity contribution in [1.29, 1.82) is 0 Å². The van der Waals surface area contributed by atoms with Gasteiger partial charge in [0.1, 0.15) is 17.7 Å². The third-order valence-corrected chi connectivity index (χ3v) is 2.87. The fourth-order valence-corrected chi connectivity index (χ4v) is 1.55. The normalized spacial score (nSPS) is 14.4. The van der Waals surface area contributed by atoms with Crippen molar-refractivity contribution in [2.75, 3.05) is 6.54 Å². The predicted molar refractivity (Wildman–Crippen MR) is 69.0 cm³/mol. The van der Waals surface area contributed by atoms with Crippen molar-refractivity contribution in [2.24, 2.45) is 0 Å². The minimum Gasteiger partial charge on any atom is -0.489 e. The summed E-state index contributed by atoms with van der Waals surface area (Å²) in [5.74, 6) is 0.531. The Morgan fingerprint density at radius 2 is 2.06 bits per heavy atom. The van der Waals surface area contributed by atoms with Crippen molar-refractivity contribution >= 4 is 0 Å². The van der Waals surface area contributed by atoms with Crippen LogP contribution in [0.1, 0.15) is 32.8 Å². The van der Waals surface area contributed by atoms with E-state index in [0.717, 1.165) is 18.7 Å².